The Balaban J connectivity index is 2.69. The minimum Gasteiger partial charge on any atom is -0.369 e. The number of hydrogen-bond donors (Lipinski definition) is 1. The van der Waals surface area contributed by atoms with Gasteiger partial charge in [-0.3, -0.25) is 0 Å². The molecular formula is C7H13NO. The molecular weight excluding hydrogens is 114 g/mol. The van der Waals surface area contributed by atoms with Crippen molar-refractivity contribution in [2.75, 3.05) is 26.8 Å². The Morgan fingerprint density at radius 1 is 1.67 bits per heavy atom. The van der Waals surface area contributed by atoms with Crippen LogP contribution in [0.1, 0.15) is 6.42 Å². The predicted molar refractivity (Wildman–Crippen MR) is 38.2 cm³/mol. The summed E-state index contributed by atoms with van der Waals surface area (Å²) in [6.45, 7) is 2.18. The van der Waals surface area contributed by atoms with E-state index in [0.717, 1.165) is 19.6 Å². The van der Waals surface area contributed by atoms with Gasteiger partial charge in [0.1, 0.15) is 6.61 Å². The fraction of sp³-hybridized carbons (Fsp3) is 0.714. The summed E-state index contributed by atoms with van der Waals surface area (Å²) in [5.74, 6) is 2.40. The third-order valence-electron chi connectivity index (χ3n) is 0.901. The fourth-order valence-electron chi connectivity index (χ4n) is 0.482. The predicted octanol–water partition coefficient (Wildman–Crippen LogP) is 0.246. The van der Waals surface area contributed by atoms with Gasteiger partial charge in [-0.05, 0) is 20.0 Å². The summed E-state index contributed by atoms with van der Waals surface area (Å²) in [7, 11) is 1.92. The van der Waals surface area contributed by atoms with Gasteiger partial charge in [-0.15, -0.1) is 6.42 Å². The number of nitrogens with one attached hydrogen (secondary N) is 1. The van der Waals surface area contributed by atoms with Crippen LogP contribution in [0, 0.1) is 12.3 Å². The van der Waals surface area contributed by atoms with E-state index in [0.29, 0.717) is 6.61 Å². The van der Waals surface area contributed by atoms with Crippen molar-refractivity contribution < 1.29 is 4.74 Å². The third kappa shape index (κ3) is 7.48. The average molecular weight is 127 g/mol. The lowest BCUT2D eigenvalue weighted by molar-refractivity contribution is 0.164. The molecule has 0 aromatic rings. The summed E-state index contributed by atoms with van der Waals surface area (Å²) in [5, 5.41) is 3.01. The summed E-state index contributed by atoms with van der Waals surface area (Å²) >= 11 is 0. The number of terminal acetylenes is 1. The molecule has 0 amide bonds. The van der Waals surface area contributed by atoms with Crippen molar-refractivity contribution in [1.29, 1.82) is 0 Å². The maximum absolute atomic E-state index is 5.01. The largest absolute Gasteiger partial charge is 0.369 e. The van der Waals surface area contributed by atoms with Gasteiger partial charge in [-0.25, -0.2) is 0 Å². The van der Waals surface area contributed by atoms with Gasteiger partial charge in [0, 0.05) is 6.61 Å². The van der Waals surface area contributed by atoms with Gasteiger partial charge < -0.3 is 10.1 Å². The van der Waals surface area contributed by atoms with Gasteiger partial charge >= 0.3 is 0 Å². The highest BCUT2D eigenvalue weighted by Gasteiger charge is 1.82. The van der Waals surface area contributed by atoms with Crippen LogP contribution < -0.4 is 5.32 Å². The van der Waals surface area contributed by atoms with Crippen molar-refractivity contribution in [3.8, 4) is 12.3 Å². The van der Waals surface area contributed by atoms with Gasteiger partial charge in [0.25, 0.3) is 0 Å². The van der Waals surface area contributed by atoms with Gasteiger partial charge in [0.15, 0.2) is 0 Å². The van der Waals surface area contributed by atoms with Crippen molar-refractivity contribution in [2.45, 2.75) is 6.42 Å². The second kappa shape index (κ2) is 7.48. The molecule has 1 N–H and O–H groups in total. The van der Waals surface area contributed by atoms with Crippen molar-refractivity contribution in [2.24, 2.45) is 0 Å². The average Bonchev–Trinajstić information content (AvgIpc) is 1.89. The third-order valence-corrected chi connectivity index (χ3v) is 0.901. The standard InChI is InChI=1S/C7H13NO/c1-3-6-9-7-4-5-8-2/h1,8H,4-7H2,2H3. The molecule has 0 saturated carbocycles. The summed E-state index contributed by atoms with van der Waals surface area (Å²) in [4.78, 5) is 0. The van der Waals surface area contributed by atoms with Crippen molar-refractivity contribution in [1.82, 2.24) is 5.32 Å². The van der Waals surface area contributed by atoms with E-state index in [2.05, 4.69) is 11.2 Å². The lowest BCUT2D eigenvalue weighted by Crippen LogP contribution is -2.10. The zero-order valence-electron chi connectivity index (χ0n) is 5.81. The van der Waals surface area contributed by atoms with E-state index in [1.807, 2.05) is 7.05 Å². The van der Waals surface area contributed by atoms with Crippen molar-refractivity contribution in [3.63, 3.8) is 0 Å². The van der Waals surface area contributed by atoms with E-state index in [-0.39, 0.29) is 0 Å². The molecule has 0 fully saturated rings. The molecule has 0 saturated heterocycles. The van der Waals surface area contributed by atoms with Crippen LogP contribution in [-0.4, -0.2) is 26.8 Å². The highest BCUT2D eigenvalue weighted by atomic mass is 16.5. The zero-order valence-corrected chi connectivity index (χ0v) is 5.81. The van der Waals surface area contributed by atoms with Gasteiger partial charge in [-0.1, -0.05) is 5.92 Å². The molecule has 0 spiro atoms. The van der Waals surface area contributed by atoms with Crippen LogP contribution in [0.15, 0.2) is 0 Å². The van der Waals surface area contributed by atoms with E-state index in [9.17, 15) is 0 Å². The van der Waals surface area contributed by atoms with E-state index in [1.54, 1.807) is 0 Å². The Kier molecular flexibility index (Phi) is 7.05. The second-order valence-corrected chi connectivity index (χ2v) is 1.71. The maximum atomic E-state index is 5.01. The SMILES string of the molecule is C#CCOCCCNC. The number of rotatable bonds is 5. The molecule has 0 atom stereocenters. The van der Waals surface area contributed by atoms with E-state index >= 15 is 0 Å². The summed E-state index contributed by atoms with van der Waals surface area (Å²) in [6.07, 6.45) is 5.98. The monoisotopic (exact) mass is 127 g/mol. The van der Waals surface area contributed by atoms with Crippen LogP contribution >= 0.6 is 0 Å². The highest BCUT2D eigenvalue weighted by Crippen LogP contribution is 1.77. The quantitative estimate of drug-likeness (QED) is 0.422. The summed E-state index contributed by atoms with van der Waals surface area (Å²) < 4.78 is 5.01. The van der Waals surface area contributed by atoms with Crippen LogP contribution in [0.25, 0.3) is 0 Å². The van der Waals surface area contributed by atoms with Crippen LogP contribution in [0.5, 0.6) is 0 Å². The molecule has 0 radical (unpaired) electrons. The van der Waals surface area contributed by atoms with Crippen LogP contribution in [0.3, 0.4) is 0 Å². The lowest BCUT2D eigenvalue weighted by Gasteiger charge is -1.97. The molecule has 2 heteroatoms. The first-order valence-corrected chi connectivity index (χ1v) is 3.07. The Morgan fingerprint density at radius 2 is 2.44 bits per heavy atom. The Bertz CT molecular complexity index is 85.4. The summed E-state index contributed by atoms with van der Waals surface area (Å²) in [5.41, 5.74) is 0. The van der Waals surface area contributed by atoms with Crippen LogP contribution in [0.4, 0.5) is 0 Å². The highest BCUT2D eigenvalue weighted by molar-refractivity contribution is 4.82. The first-order chi connectivity index (χ1) is 4.41. The molecule has 0 aliphatic carbocycles. The molecule has 0 unspecified atom stereocenters. The van der Waals surface area contributed by atoms with Crippen molar-refractivity contribution >= 4 is 0 Å². The molecule has 0 aromatic carbocycles. The first kappa shape index (κ1) is 8.48. The molecule has 9 heavy (non-hydrogen) atoms. The molecule has 0 aliphatic heterocycles. The lowest BCUT2D eigenvalue weighted by atomic mass is 10.4. The minimum absolute atomic E-state index is 0.434. The Morgan fingerprint density at radius 3 is 3.00 bits per heavy atom. The smallest absolute Gasteiger partial charge is 0.107 e. The van der Waals surface area contributed by atoms with Gasteiger partial charge in [0.05, 0.1) is 0 Å². The first-order valence-electron chi connectivity index (χ1n) is 3.07. The van der Waals surface area contributed by atoms with Crippen molar-refractivity contribution in [3.05, 3.63) is 0 Å². The zero-order chi connectivity index (χ0) is 6.95. The normalized spacial score (nSPS) is 8.89. The number of hydrogen-bond acceptors (Lipinski definition) is 2. The maximum Gasteiger partial charge on any atom is 0.107 e. The number of ether oxygens (including phenoxy) is 1. The molecule has 52 valence electrons. The molecule has 0 aromatic heterocycles. The molecule has 2 nitrogen and oxygen atoms in total. The van der Waals surface area contributed by atoms with Crippen LogP contribution in [0.2, 0.25) is 0 Å². The second-order valence-electron chi connectivity index (χ2n) is 1.71. The molecule has 0 bridgehead atoms. The fourth-order valence-corrected chi connectivity index (χ4v) is 0.482. The summed E-state index contributed by atoms with van der Waals surface area (Å²) in [6, 6.07) is 0. The Hall–Kier alpha value is -0.520. The van der Waals surface area contributed by atoms with Crippen LogP contribution in [-0.2, 0) is 4.74 Å². The molecule has 0 heterocycles. The molecule has 0 rings (SSSR count). The van der Waals surface area contributed by atoms with Gasteiger partial charge in [0.2, 0.25) is 0 Å². The molecule has 0 aliphatic rings. The van der Waals surface area contributed by atoms with E-state index in [1.165, 1.54) is 0 Å². The van der Waals surface area contributed by atoms with Gasteiger partial charge in [-0.2, -0.15) is 0 Å². The van der Waals surface area contributed by atoms with E-state index in [4.69, 9.17) is 11.2 Å². The Labute approximate surface area is 56.6 Å². The minimum atomic E-state index is 0.434. The van der Waals surface area contributed by atoms with E-state index < -0.39 is 0 Å². The topological polar surface area (TPSA) is 21.3 Å².